The van der Waals surface area contributed by atoms with Gasteiger partial charge in [0.05, 0.1) is 6.10 Å². The van der Waals surface area contributed by atoms with E-state index in [1.54, 1.807) is 0 Å². The molecule has 0 heterocycles. The first-order valence-corrected chi connectivity index (χ1v) is 2.87. The standard InChI is InChI=1S/C3H5IO/c4-2-1-3(2)5/h2-3,5H,1H2. The second-order valence-electron chi connectivity index (χ2n) is 1.32. The molecule has 2 atom stereocenters. The van der Waals surface area contributed by atoms with Crippen LogP contribution in [0.15, 0.2) is 0 Å². The molecule has 1 nitrogen and oxygen atoms in total. The van der Waals surface area contributed by atoms with Crippen molar-refractivity contribution in [2.75, 3.05) is 0 Å². The average Bonchev–Trinajstić information content (AvgIpc) is 1.79. The van der Waals surface area contributed by atoms with Gasteiger partial charge < -0.3 is 5.11 Å². The summed E-state index contributed by atoms with van der Waals surface area (Å²) in [6.07, 6.45) is 1.05. The maximum Gasteiger partial charge on any atom is 0.0669 e. The third-order valence-electron chi connectivity index (χ3n) is 0.681. The van der Waals surface area contributed by atoms with Crippen LogP contribution in [0.5, 0.6) is 0 Å². The molecule has 0 aromatic heterocycles. The molecule has 0 radical (unpaired) electrons. The predicted octanol–water partition coefficient (Wildman–Crippen LogP) is 0.555. The molecule has 1 saturated carbocycles. The molecule has 0 bridgehead atoms. The van der Waals surface area contributed by atoms with Crippen molar-refractivity contribution >= 4 is 22.6 Å². The van der Waals surface area contributed by atoms with Gasteiger partial charge in [-0.25, -0.2) is 0 Å². The molecule has 1 aliphatic rings. The first-order valence-electron chi connectivity index (χ1n) is 1.63. The van der Waals surface area contributed by atoms with Crippen LogP contribution >= 0.6 is 22.6 Å². The molecule has 1 N–H and O–H groups in total. The predicted molar refractivity (Wildman–Crippen MR) is 28.4 cm³/mol. The number of aliphatic hydroxyl groups excluding tert-OH is 1. The van der Waals surface area contributed by atoms with E-state index in [4.69, 9.17) is 5.11 Å². The molecule has 0 saturated heterocycles. The maximum atomic E-state index is 8.43. The van der Waals surface area contributed by atoms with Crippen LogP contribution in [0.3, 0.4) is 0 Å². The van der Waals surface area contributed by atoms with Crippen LogP contribution in [-0.2, 0) is 0 Å². The number of rotatable bonds is 0. The average molecular weight is 184 g/mol. The minimum atomic E-state index is 0.0376. The molecular weight excluding hydrogens is 179 g/mol. The number of halogens is 1. The fraction of sp³-hybridized carbons (Fsp3) is 1.00. The summed E-state index contributed by atoms with van der Waals surface area (Å²) < 4.78 is 0.576. The van der Waals surface area contributed by atoms with E-state index in [-0.39, 0.29) is 6.10 Å². The first kappa shape index (κ1) is 3.87. The minimum Gasteiger partial charge on any atom is -0.392 e. The molecule has 0 amide bonds. The van der Waals surface area contributed by atoms with Crippen LogP contribution in [0.2, 0.25) is 0 Å². The lowest BCUT2D eigenvalue weighted by molar-refractivity contribution is 0.282. The Bertz CT molecular complexity index is 40.2. The second-order valence-corrected chi connectivity index (χ2v) is 2.92. The normalized spacial score (nSPS) is 49.2. The van der Waals surface area contributed by atoms with Crippen molar-refractivity contribution < 1.29 is 5.11 Å². The van der Waals surface area contributed by atoms with Crippen molar-refractivity contribution in [2.45, 2.75) is 16.4 Å². The Kier molecular flexibility index (Phi) is 0.835. The molecule has 30 valence electrons. The number of hydrogen-bond acceptors (Lipinski definition) is 1. The maximum absolute atomic E-state index is 8.43. The van der Waals surface area contributed by atoms with E-state index < -0.39 is 0 Å². The van der Waals surface area contributed by atoms with Crippen LogP contribution in [-0.4, -0.2) is 15.1 Å². The molecular formula is C3H5IO. The smallest absolute Gasteiger partial charge is 0.0669 e. The van der Waals surface area contributed by atoms with E-state index in [0.29, 0.717) is 3.92 Å². The molecule has 5 heavy (non-hydrogen) atoms. The van der Waals surface area contributed by atoms with Gasteiger partial charge in [-0.3, -0.25) is 0 Å². The summed E-state index contributed by atoms with van der Waals surface area (Å²) in [4.78, 5) is 0. The molecule has 0 aromatic rings. The van der Waals surface area contributed by atoms with Crippen LogP contribution < -0.4 is 0 Å². The molecule has 2 heteroatoms. The largest absolute Gasteiger partial charge is 0.392 e. The quantitative estimate of drug-likeness (QED) is 0.430. The molecule has 0 aromatic carbocycles. The van der Waals surface area contributed by atoms with Gasteiger partial charge in [0.1, 0.15) is 0 Å². The number of hydrogen-bond donors (Lipinski definition) is 1. The van der Waals surface area contributed by atoms with Gasteiger partial charge in [0.2, 0.25) is 0 Å². The second kappa shape index (κ2) is 1.08. The highest BCUT2D eigenvalue weighted by Crippen LogP contribution is 2.29. The van der Waals surface area contributed by atoms with Crippen LogP contribution in [0, 0.1) is 0 Å². The molecule has 1 aliphatic carbocycles. The SMILES string of the molecule is OC1CC1I. The lowest BCUT2D eigenvalue weighted by atomic mass is 10.9. The van der Waals surface area contributed by atoms with Crippen molar-refractivity contribution in [3.05, 3.63) is 0 Å². The number of alkyl halides is 1. The summed E-state index contributed by atoms with van der Waals surface area (Å²) in [5.41, 5.74) is 0. The van der Waals surface area contributed by atoms with E-state index in [1.807, 2.05) is 0 Å². The lowest BCUT2D eigenvalue weighted by Gasteiger charge is -1.66. The third-order valence-corrected chi connectivity index (χ3v) is 2.02. The van der Waals surface area contributed by atoms with E-state index in [1.165, 1.54) is 0 Å². The minimum absolute atomic E-state index is 0.0376. The molecule has 1 rings (SSSR count). The fourth-order valence-electron chi connectivity index (χ4n) is 0.152. The van der Waals surface area contributed by atoms with Gasteiger partial charge in [-0.05, 0) is 6.42 Å². The topological polar surface area (TPSA) is 20.2 Å². The monoisotopic (exact) mass is 184 g/mol. The zero-order valence-corrected chi connectivity index (χ0v) is 4.84. The van der Waals surface area contributed by atoms with E-state index >= 15 is 0 Å². The van der Waals surface area contributed by atoms with Gasteiger partial charge in [0.15, 0.2) is 0 Å². The Balaban J connectivity index is 2.20. The summed E-state index contributed by atoms with van der Waals surface area (Å²) in [7, 11) is 0. The van der Waals surface area contributed by atoms with Gasteiger partial charge >= 0.3 is 0 Å². The Morgan fingerprint density at radius 3 is 2.00 bits per heavy atom. The lowest BCUT2D eigenvalue weighted by Crippen LogP contribution is -1.76. The first-order chi connectivity index (χ1) is 2.30. The highest BCUT2D eigenvalue weighted by Gasteiger charge is 2.31. The van der Waals surface area contributed by atoms with E-state index in [0.717, 1.165) is 6.42 Å². The summed E-state index contributed by atoms with van der Waals surface area (Å²) >= 11 is 2.23. The van der Waals surface area contributed by atoms with Crippen LogP contribution in [0.25, 0.3) is 0 Å². The van der Waals surface area contributed by atoms with Gasteiger partial charge in [-0.2, -0.15) is 0 Å². The van der Waals surface area contributed by atoms with Gasteiger partial charge in [0, 0.05) is 3.92 Å². The van der Waals surface area contributed by atoms with E-state index in [2.05, 4.69) is 22.6 Å². The van der Waals surface area contributed by atoms with Crippen molar-refractivity contribution in [3.8, 4) is 0 Å². The fourth-order valence-corrected chi connectivity index (χ4v) is 0.673. The van der Waals surface area contributed by atoms with Crippen molar-refractivity contribution in [1.29, 1.82) is 0 Å². The molecule has 1 fully saturated rings. The highest BCUT2D eigenvalue weighted by molar-refractivity contribution is 14.1. The van der Waals surface area contributed by atoms with E-state index in [9.17, 15) is 0 Å². The Morgan fingerprint density at radius 1 is 1.80 bits per heavy atom. The van der Waals surface area contributed by atoms with Gasteiger partial charge in [-0.15, -0.1) is 0 Å². The molecule has 0 spiro atoms. The van der Waals surface area contributed by atoms with Gasteiger partial charge in [-0.1, -0.05) is 22.6 Å². The van der Waals surface area contributed by atoms with Crippen molar-refractivity contribution in [2.24, 2.45) is 0 Å². The Morgan fingerprint density at radius 2 is 2.00 bits per heavy atom. The third kappa shape index (κ3) is 0.758. The van der Waals surface area contributed by atoms with Crippen molar-refractivity contribution in [3.63, 3.8) is 0 Å². The Hall–Kier alpha value is 0.690. The summed E-state index contributed by atoms with van der Waals surface area (Å²) in [5.74, 6) is 0. The summed E-state index contributed by atoms with van der Waals surface area (Å²) in [5, 5.41) is 8.43. The highest BCUT2D eigenvalue weighted by atomic mass is 127. The molecule has 0 aliphatic heterocycles. The van der Waals surface area contributed by atoms with Crippen LogP contribution in [0.1, 0.15) is 6.42 Å². The Labute approximate surface area is 44.5 Å². The molecule has 2 unspecified atom stereocenters. The number of aliphatic hydroxyl groups is 1. The summed E-state index contributed by atoms with van der Waals surface area (Å²) in [6, 6.07) is 0. The zero-order chi connectivity index (χ0) is 3.86. The van der Waals surface area contributed by atoms with Gasteiger partial charge in [0.25, 0.3) is 0 Å². The summed E-state index contributed by atoms with van der Waals surface area (Å²) in [6.45, 7) is 0. The van der Waals surface area contributed by atoms with Crippen molar-refractivity contribution in [1.82, 2.24) is 0 Å². The van der Waals surface area contributed by atoms with Crippen LogP contribution in [0.4, 0.5) is 0 Å². The zero-order valence-electron chi connectivity index (χ0n) is 2.69.